The van der Waals surface area contributed by atoms with Crippen molar-refractivity contribution in [1.82, 2.24) is 4.98 Å². The van der Waals surface area contributed by atoms with Gasteiger partial charge in [-0.05, 0) is 12.5 Å². The maximum atomic E-state index is 10.1. The zero-order valence-electron chi connectivity index (χ0n) is 6.71. The Bertz CT molecular complexity index is 231. The van der Waals surface area contributed by atoms with Crippen molar-refractivity contribution in [3.05, 3.63) is 18.5 Å². The molecule has 1 aromatic heterocycles. The van der Waals surface area contributed by atoms with Crippen molar-refractivity contribution in [2.45, 2.75) is 12.8 Å². The number of aromatic amines is 1. The van der Waals surface area contributed by atoms with Gasteiger partial charge in [-0.25, -0.2) is 0 Å². The van der Waals surface area contributed by atoms with Gasteiger partial charge >= 0.3 is 5.97 Å². The molecule has 66 valence electrons. The Hall–Kier alpha value is -1.45. The minimum Gasteiger partial charge on any atom is -0.481 e. The van der Waals surface area contributed by atoms with Gasteiger partial charge in [-0.15, -0.1) is 0 Å². The fourth-order valence-electron chi connectivity index (χ4n) is 0.906. The monoisotopic (exact) mass is 168 g/mol. The SMILES string of the molecule is O=C(O)CCCNc1cc[nH]c1. The molecule has 0 fully saturated rings. The molecule has 0 unspecified atom stereocenters. The lowest BCUT2D eigenvalue weighted by atomic mass is 10.3. The lowest BCUT2D eigenvalue weighted by molar-refractivity contribution is -0.137. The number of carbonyl (C=O) groups is 1. The number of H-pyrrole nitrogens is 1. The van der Waals surface area contributed by atoms with Gasteiger partial charge in [0.2, 0.25) is 0 Å². The molecule has 0 aliphatic heterocycles. The van der Waals surface area contributed by atoms with E-state index in [9.17, 15) is 4.79 Å². The van der Waals surface area contributed by atoms with Gasteiger partial charge in [-0.3, -0.25) is 4.79 Å². The van der Waals surface area contributed by atoms with Crippen molar-refractivity contribution in [2.24, 2.45) is 0 Å². The van der Waals surface area contributed by atoms with E-state index >= 15 is 0 Å². The van der Waals surface area contributed by atoms with E-state index in [2.05, 4.69) is 10.3 Å². The van der Waals surface area contributed by atoms with Crippen LogP contribution in [-0.2, 0) is 4.79 Å². The predicted molar refractivity (Wildman–Crippen MR) is 46.2 cm³/mol. The number of carboxylic acids is 1. The van der Waals surface area contributed by atoms with Gasteiger partial charge in [0.15, 0.2) is 0 Å². The molecule has 0 bridgehead atoms. The van der Waals surface area contributed by atoms with Crippen molar-refractivity contribution in [3.8, 4) is 0 Å². The van der Waals surface area contributed by atoms with Crippen LogP contribution >= 0.6 is 0 Å². The van der Waals surface area contributed by atoms with Crippen LogP contribution in [0.5, 0.6) is 0 Å². The van der Waals surface area contributed by atoms with Crippen LogP contribution in [0.3, 0.4) is 0 Å². The highest BCUT2D eigenvalue weighted by Gasteiger charge is 1.95. The summed E-state index contributed by atoms with van der Waals surface area (Å²) in [5.41, 5.74) is 1.00. The van der Waals surface area contributed by atoms with Crippen molar-refractivity contribution in [1.29, 1.82) is 0 Å². The van der Waals surface area contributed by atoms with E-state index in [0.29, 0.717) is 13.0 Å². The molecule has 12 heavy (non-hydrogen) atoms. The molecule has 0 aromatic carbocycles. The molecule has 0 aliphatic carbocycles. The first-order chi connectivity index (χ1) is 5.79. The largest absolute Gasteiger partial charge is 0.481 e. The number of rotatable bonds is 5. The summed E-state index contributed by atoms with van der Waals surface area (Å²) in [4.78, 5) is 13.0. The molecular weight excluding hydrogens is 156 g/mol. The fraction of sp³-hybridized carbons (Fsp3) is 0.375. The van der Waals surface area contributed by atoms with Crippen molar-refractivity contribution >= 4 is 11.7 Å². The summed E-state index contributed by atoms with van der Waals surface area (Å²) in [7, 11) is 0. The van der Waals surface area contributed by atoms with E-state index in [-0.39, 0.29) is 6.42 Å². The second kappa shape index (κ2) is 4.43. The number of nitrogens with one attached hydrogen (secondary N) is 2. The molecule has 4 nitrogen and oxygen atoms in total. The van der Waals surface area contributed by atoms with E-state index in [1.165, 1.54) is 0 Å². The van der Waals surface area contributed by atoms with Crippen LogP contribution < -0.4 is 5.32 Å². The highest BCUT2D eigenvalue weighted by molar-refractivity contribution is 5.66. The van der Waals surface area contributed by atoms with Crippen LogP contribution in [0.2, 0.25) is 0 Å². The minimum absolute atomic E-state index is 0.220. The van der Waals surface area contributed by atoms with E-state index in [0.717, 1.165) is 5.69 Å². The molecule has 0 saturated carbocycles. The van der Waals surface area contributed by atoms with Crippen molar-refractivity contribution < 1.29 is 9.90 Å². The highest BCUT2D eigenvalue weighted by Crippen LogP contribution is 2.03. The summed E-state index contributed by atoms with van der Waals surface area (Å²) in [6, 6.07) is 1.90. The first-order valence-corrected chi connectivity index (χ1v) is 3.87. The summed E-state index contributed by atoms with van der Waals surface area (Å²) in [5, 5.41) is 11.4. The maximum Gasteiger partial charge on any atom is 0.303 e. The molecule has 1 rings (SSSR count). The summed E-state index contributed by atoms with van der Waals surface area (Å²) in [6.45, 7) is 0.699. The van der Waals surface area contributed by atoms with Crippen LogP contribution in [0.25, 0.3) is 0 Å². The minimum atomic E-state index is -0.745. The second-order valence-electron chi connectivity index (χ2n) is 2.52. The van der Waals surface area contributed by atoms with Crippen molar-refractivity contribution in [3.63, 3.8) is 0 Å². The molecule has 1 heterocycles. The maximum absolute atomic E-state index is 10.1. The molecule has 0 spiro atoms. The topological polar surface area (TPSA) is 65.1 Å². The van der Waals surface area contributed by atoms with Gasteiger partial charge in [0.1, 0.15) is 0 Å². The van der Waals surface area contributed by atoms with Crippen LogP contribution in [0.4, 0.5) is 5.69 Å². The van der Waals surface area contributed by atoms with Crippen LogP contribution in [0.1, 0.15) is 12.8 Å². The normalized spacial score (nSPS) is 9.67. The molecule has 0 aliphatic rings. The third kappa shape index (κ3) is 3.09. The number of carboxylic acid groups (broad SMARTS) is 1. The Kier molecular flexibility index (Phi) is 3.19. The molecule has 0 amide bonds. The van der Waals surface area contributed by atoms with Gasteiger partial charge in [0, 0.05) is 25.4 Å². The van der Waals surface area contributed by atoms with Crippen molar-refractivity contribution in [2.75, 3.05) is 11.9 Å². The first-order valence-electron chi connectivity index (χ1n) is 3.87. The summed E-state index contributed by atoms with van der Waals surface area (Å²) in [5.74, 6) is -0.745. The lowest BCUT2D eigenvalue weighted by Gasteiger charge is -2.00. The van der Waals surface area contributed by atoms with Crippen LogP contribution in [0.15, 0.2) is 18.5 Å². The van der Waals surface area contributed by atoms with Crippen LogP contribution in [0, 0.1) is 0 Å². The third-order valence-corrected chi connectivity index (χ3v) is 1.49. The average molecular weight is 168 g/mol. The van der Waals surface area contributed by atoms with E-state index in [1.54, 1.807) is 0 Å². The Balaban J connectivity index is 2.07. The van der Waals surface area contributed by atoms with Crippen LogP contribution in [-0.4, -0.2) is 22.6 Å². The highest BCUT2D eigenvalue weighted by atomic mass is 16.4. The Morgan fingerprint density at radius 1 is 1.67 bits per heavy atom. The Labute approximate surface area is 70.6 Å². The number of aliphatic carboxylic acids is 1. The Morgan fingerprint density at radius 2 is 2.50 bits per heavy atom. The second-order valence-corrected chi connectivity index (χ2v) is 2.52. The number of anilines is 1. The number of hydrogen-bond donors (Lipinski definition) is 3. The molecule has 3 N–H and O–H groups in total. The molecule has 0 radical (unpaired) electrons. The molecule has 0 atom stereocenters. The van der Waals surface area contributed by atoms with Gasteiger partial charge in [-0.2, -0.15) is 0 Å². The number of hydrogen-bond acceptors (Lipinski definition) is 2. The third-order valence-electron chi connectivity index (χ3n) is 1.49. The summed E-state index contributed by atoms with van der Waals surface area (Å²) in [6.07, 6.45) is 4.53. The average Bonchev–Trinajstić information content (AvgIpc) is 2.49. The Morgan fingerprint density at radius 3 is 3.08 bits per heavy atom. The smallest absolute Gasteiger partial charge is 0.303 e. The summed E-state index contributed by atoms with van der Waals surface area (Å²) < 4.78 is 0. The summed E-state index contributed by atoms with van der Waals surface area (Å²) >= 11 is 0. The quantitative estimate of drug-likeness (QED) is 0.580. The van der Waals surface area contributed by atoms with E-state index in [1.807, 2.05) is 18.5 Å². The molecule has 4 heteroatoms. The number of aromatic nitrogens is 1. The molecule has 1 aromatic rings. The molecular formula is C8H12N2O2. The zero-order chi connectivity index (χ0) is 8.81. The molecule has 0 saturated heterocycles. The zero-order valence-corrected chi connectivity index (χ0v) is 6.71. The predicted octanol–water partition coefficient (Wildman–Crippen LogP) is 1.29. The van der Waals surface area contributed by atoms with E-state index in [4.69, 9.17) is 5.11 Å². The fourth-order valence-corrected chi connectivity index (χ4v) is 0.906. The first kappa shape index (κ1) is 8.64. The van der Waals surface area contributed by atoms with E-state index < -0.39 is 5.97 Å². The van der Waals surface area contributed by atoms with Gasteiger partial charge in [0.25, 0.3) is 0 Å². The van der Waals surface area contributed by atoms with Gasteiger partial charge < -0.3 is 15.4 Å². The van der Waals surface area contributed by atoms with Gasteiger partial charge in [0.05, 0.1) is 5.69 Å². The lowest BCUT2D eigenvalue weighted by Crippen LogP contribution is -2.03. The van der Waals surface area contributed by atoms with Gasteiger partial charge in [-0.1, -0.05) is 0 Å². The standard InChI is InChI=1S/C8H12N2O2/c11-8(12)2-1-4-10-7-3-5-9-6-7/h3,5-6,9-10H,1-2,4H2,(H,11,12).